The Labute approximate surface area is 99.9 Å². The monoisotopic (exact) mass is 236 g/mol. The van der Waals surface area contributed by atoms with Gasteiger partial charge in [0, 0.05) is 0 Å². The van der Waals surface area contributed by atoms with Gasteiger partial charge in [0.2, 0.25) is 0 Å². The predicted molar refractivity (Wildman–Crippen MR) is 63.5 cm³/mol. The zero-order chi connectivity index (χ0) is 13.0. The van der Waals surface area contributed by atoms with Crippen LogP contribution in [0.4, 0.5) is 0 Å². The third kappa shape index (κ3) is 3.59. The van der Waals surface area contributed by atoms with Crippen LogP contribution in [0.3, 0.4) is 0 Å². The lowest BCUT2D eigenvalue weighted by Crippen LogP contribution is -2.06. The van der Waals surface area contributed by atoms with Crippen LogP contribution in [0.5, 0.6) is 0 Å². The van der Waals surface area contributed by atoms with Crippen LogP contribution in [-0.4, -0.2) is 22.2 Å². The van der Waals surface area contributed by atoms with Crippen LogP contribution in [0.25, 0.3) is 0 Å². The Morgan fingerprint density at radius 2 is 1.82 bits per heavy atom. The Kier molecular flexibility index (Phi) is 4.26. The summed E-state index contributed by atoms with van der Waals surface area (Å²) in [6.07, 6.45) is 1.42. The van der Waals surface area contributed by atoms with Gasteiger partial charge in [0.25, 0.3) is 0 Å². The predicted octanol–water partition coefficient (Wildman–Crippen LogP) is 2.67. The van der Waals surface area contributed by atoms with Gasteiger partial charge >= 0.3 is 11.9 Å². The van der Waals surface area contributed by atoms with E-state index >= 15 is 0 Å². The molecule has 2 N–H and O–H groups in total. The second-order valence-electron chi connectivity index (χ2n) is 4.41. The number of aromatic carboxylic acids is 2. The van der Waals surface area contributed by atoms with Gasteiger partial charge in [0.15, 0.2) is 0 Å². The lowest BCUT2D eigenvalue weighted by atomic mass is 9.96. The minimum Gasteiger partial charge on any atom is -0.478 e. The highest BCUT2D eigenvalue weighted by atomic mass is 16.4. The topological polar surface area (TPSA) is 74.6 Å². The number of hydrogen-bond donors (Lipinski definition) is 2. The highest BCUT2D eigenvalue weighted by Crippen LogP contribution is 2.16. The van der Waals surface area contributed by atoms with Crippen molar-refractivity contribution < 1.29 is 19.8 Å². The van der Waals surface area contributed by atoms with Gasteiger partial charge in [-0.15, -0.1) is 0 Å². The van der Waals surface area contributed by atoms with E-state index in [1.54, 1.807) is 0 Å². The number of carboxylic acid groups (broad SMARTS) is 2. The van der Waals surface area contributed by atoms with Crippen LogP contribution in [0.15, 0.2) is 18.2 Å². The fraction of sp³-hybridized carbons (Fsp3) is 0.385. The summed E-state index contributed by atoms with van der Waals surface area (Å²) in [7, 11) is 0. The number of rotatable bonds is 5. The van der Waals surface area contributed by atoms with Crippen molar-refractivity contribution in [1.82, 2.24) is 0 Å². The first-order valence-corrected chi connectivity index (χ1v) is 5.51. The van der Waals surface area contributed by atoms with Gasteiger partial charge in [-0.1, -0.05) is 13.8 Å². The maximum atomic E-state index is 11.0. The lowest BCUT2D eigenvalue weighted by Gasteiger charge is -2.09. The van der Waals surface area contributed by atoms with Crippen molar-refractivity contribution in [2.75, 3.05) is 0 Å². The Bertz CT molecular complexity index is 435. The third-order valence-corrected chi connectivity index (χ3v) is 2.57. The molecular weight excluding hydrogens is 220 g/mol. The molecule has 0 bridgehead atoms. The average Bonchev–Trinajstić information content (AvgIpc) is 2.25. The molecule has 17 heavy (non-hydrogen) atoms. The van der Waals surface area contributed by atoms with E-state index in [4.69, 9.17) is 10.2 Å². The van der Waals surface area contributed by atoms with Crippen molar-refractivity contribution in [2.24, 2.45) is 5.92 Å². The minimum atomic E-state index is -1.03. The number of aryl methyl sites for hydroxylation is 1. The first kappa shape index (κ1) is 13.2. The fourth-order valence-electron chi connectivity index (χ4n) is 1.59. The maximum Gasteiger partial charge on any atom is 0.335 e. The highest BCUT2D eigenvalue weighted by Gasteiger charge is 2.13. The molecule has 0 heterocycles. The summed E-state index contributed by atoms with van der Waals surface area (Å²) in [5, 5.41) is 17.9. The fourth-order valence-corrected chi connectivity index (χ4v) is 1.59. The van der Waals surface area contributed by atoms with Crippen molar-refractivity contribution in [1.29, 1.82) is 0 Å². The maximum absolute atomic E-state index is 11.0. The first-order valence-electron chi connectivity index (χ1n) is 5.51. The van der Waals surface area contributed by atoms with Gasteiger partial charge in [-0.3, -0.25) is 0 Å². The molecular formula is C13H16O4. The molecule has 4 heteroatoms. The molecule has 0 radical (unpaired) electrons. The Morgan fingerprint density at radius 1 is 1.18 bits per heavy atom. The molecule has 0 unspecified atom stereocenters. The summed E-state index contributed by atoms with van der Waals surface area (Å²) < 4.78 is 0. The zero-order valence-corrected chi connectivity index (χ0v) is 9.93. The van der Waals surface area contributed by atoms with E-state index in [2.05, 4.69) is 0 Å². The average molecular weight is 236 g/mol. The van der Waals surface area contributed by atoms with E-state index < -0.39 is 11.9 Å². The quantitative estimate of drug-likeness (QED) is 0.824. The second kappa shape index (κ2) is 5.48. The Balaban J connectivity index is 3.07. The van der Waals surface area contributed by atoms with Gasteiger partial charge < -0.3 is 10.2 Å². The molecule has 4 nitrogen and oxygen atoms in total. The molecule has 1 aromatic rings. The van der Waals surface area contributed by atoms with Gasteiger partial charge in [-0.05, 0) is 42.5 Å². The Morgan fingerprint density at radius 3 is 2.29 bits per heavy atom. The molecule has 0 amide bonds. The number of carbonyl (C=O) groups is 2. The summed E-state index contributed by atoms with van der Waals surface area (Å²) in [6.45, 7) is 4.09. The summed E-state index contributed by atoms with van der Waals surface area (Å²) in [6, 6.07) is 4.14. The molecule has 0 aliphatic rings. The van der Waals surface area contributed by atoms with Crippen molar-refractivity contribution in [2.45, 2.75) is 26.7 Å². The Hall–Kier alpha value is -1.84. The van der Waals surface area contributed by atoms with Gasteiger partial charge in [-0.2, -0.15) is 0 Å². The molecule has 0 saturated carbocycles. The third-order valence-electron chi connectivity index (χ3n) is 2.57. The molecule has 0 aliphatic carbocycles. The normalized spacial score (nSPS) is 10.5. The van der Waals surface area contributed by atoms with E-state index in [1.807, 2.05) is 13.8 Å². The molecule has 1 rings (SSSR count). The van der Waals surface area contributed by atoms with E-state index in [9.17, 15) is 9.59 Å². The standard InChI is InChI=1S/C13H16O4/c1-8(2)3-4-9-7-10(12(14)15)5-6-11(9)13(16)17/h5-8H,3-4H2,1-2H3,(H,14,15)(H,16,17). The molecule has 0 atom stereocenters. The SMILES string of the molecule is CC(C)CCc1cc(C(=O)O)ccc1C(=O)O. The summed E-state index contributed by atoms with van der Waals surface area (Å²) in [4.78, 5) is 21.8. The first-order chi connectivity index (χ1) is 7.91. The molecule has 0 aliphatic heterocycles. The lowest BCUT2D eigenvalue weighted by molar-refractivity contribution is 0.0680. The van der Waals surface area contributed by atoms with Crippen LogP contribution in [0.2, 0.25) is 0 Å². The number of hydrogen-bond acceptors (Lipinski definition) is 2. The van der Waals surface area contributed by atoms with Crippen LogP contribution in [0, 0.1) is 5.92 Å². The molecule has 92 valence electrons. The van der Waals surface area contributed by atoms with Crippen molar-refractivity contribution in [3.8, 4) is 0 Å². The summed E-state index contributed by atoms with van der Waals surface area (Å²) in [5.74, 6) is -1.60. The smallest absolute Gasteiger partial charge is 0.335 e. The van der Waals surface area contributed by atoms with Crippen molar-refractivity contribution >= 4 is 11.9 Å². The molecule has 0 aromatic heterocycles. The highest BCUT2D eigenvalue weighted by molar-refractivity contribution is 5.93. The van der Waals surface area contributed by atoms with Gasteiger partial charge in [0.1, 0.15) is 0 Å². The molecule has 1 aromatic carbocycles. The molecule has 0 fully saturated rings. The second-order valence-corrected chi connectivity index (χ2v) is 4.41. The van der Waals surface area contributed by atoms with Crippen molar-refractivity contribution in [3.63, 3.8) is 0 Å². The minimum absolute atomic E-state index is 0.133. The zero-order valence-electron chi connectivity index (χ0n) is 9.93. The van der Waals surface area contributed by atoms with Crippen molar-refractivity contribution in [3.05, 3.63) is 34.9 Å². The van der Waals surface area contributed by atoms with Gasteiger partial charge in [-0.25, -0.2) is 9.59 Å². The van der Waals surface area contributed by atoms with Gasteiger partial charge in [0.05, 0.1) is 11.1 Å². The summed E-state index contributed by atoms with van der Waals surface area (Å²) >= 11 is 0. The number of benzene rings is 1. The van der Waals surface area contributed by atoms with Crippen LogP contribution in [0.1, 0.15) is 46.5 Å². The molecule has 0 saturated heterocycles. The van der Waals surface area contributed by atoms with E-state index in [1.165, 1.54) is 18.2 Å². The number of carboxylic acids is 2. The van der Waals surface area contributed by atoms with E-state index in [0.717, 1.165) is 6.42 Å². The van der Waals surface area contributed by atoms with Crippen LogP contribution < -0.4 is 0 Å². The van der Waals surface area contributed by atoms with E-state index in [0.29, 0.717) is 17.9 Å². The molecule has 0 spiro atoms. The van der Waals surface area contributed by atoms with Crippen LogP contribution >= 0.6 is 0 Å². The largest absolute Gasteiger partial charge is 0.478 e. The summed E-state index contributed by atoms with van der Waals surface area (Å²) in [5.41, 5.74) is 0.913. The van der Waals surface area contributed by atoms with E-state index in [-0.39, 0.29) is 11.1 Å². The van der Waals surface area contributed by atoms with Crippen LogP contribution in [-0.2, 0) is 6.42 Å².